The number of carbonyl (C=O) groups is 1. The van der Waals surface area contributed by atoms with Crippen LogP contribution in [-0.4, -0.2) is 55.8 Å². The van der Waals surface area contributed by atoms with Crippen LogP contribution in [0.5, 0.6) is 0 Å². The van der Waals surface area contributed by atoms with Gasteiger partial charge in [0.25, 0.3) is 0 Å². The molecule has 1 aliphatic heterocycles. The summed E-state index contributed by atoms with van der Waals surface area (Å²) in [6, 6.07) is 4.02. The molecular formula is C20H22BrFN6O5. The number of hydrogen-bond acceptors (Lipinski definition) is 9. The fraction of sp³-hybridized carbons (Fsp3) is 0.450. The Morgan fingerprint density at radius 3 is 2.64 bits per heavy atom. The molecule has 1 saturated heterocycles. The molecule has 4 rings (SSSR count). The second-order valence-electron chi connectivity index (χ2n) is 8.55. The van der Waals surface area contributed by atoms with E-state index in [1.54, 1.807) is 4.90 Å². The third kappa shape index (κ3) is 5.07. The Labute approximate surface area is 195 Å². The molecule has 176 valence electrons. The van der Waals surface area contributed by atoms with E-state index in [1.807, 2.05) is 20.8 Å². The number of anilines is 1. The van der Waals surface area contributed by atoms with Crippen molar-refractivity contribution in [1.29, 1.82) is 0 Å². The van der Waals surface area contributed by atoms with E-state index in [4.69, 9.17) is 13.9 Å². The zero-order chi connectivity index (χ0) is 23.8. The highest BCUT2D eigenvalue weighted by Gasteiger charge is 2.29. The molecule has 0 bridgehead atoms. The number of halogens is 2. The lowest BCUT2D eigenvalue weighted by Gasteiger charge is -2.33. The van der Waals surface area contributed by atoms with Gasteiger partial charge in [0.05, 0.1) is 10.2 Å². The lowest BCUT2D eigenvalue weighted by molar-refractivity contribution is 0.0210. The van der Waals surface area contributed by atoms with Crippen LogP contribution in [0, 0.1) is 5.82 Å². The van der Waals surface area contributed by atoms with Crippen LogP contribution in [0.3, 0.4) is 0 Å². The number of hydrogen-bond donors (Lipinski definition) is 1. The Balaban J connectivity index is 1.50. The largest absolute Gasteiger partial charge is 0.446 e. The van der Waals surface area contributed by atoms with Crippen molar-refractivity contribution in [3.8, 4) is 17.2 Å². The van der Waals surface area contributed by atoms with E-state index in [1.165, 1.54) is 18.2 Å². The molecule has 13 heteroatoms. The first-order chi connectivity index (χ1) is 15.6. The van der Waals surface area contributed by atoms with Gasteiger partial charge in [0, 0.05) is 19.1 Å². The molecular weight excluding hydrogens is 503 g/mol. The second-order valence-corrected chi connectivity index (χ2v) is 9.41. The fourth-order valence-electron chi connectivity index (χ4n) is 3.41. The fourth-order valence-corrected chi connectivity index (χ4v) is 3.77. The summed E-state index contributed by atoms with van der Waals surface area (Å²) in [4.78, 5) is 26.2. The van der Waals surface area contributed by atoms with Crippen molar-refractivity contribution in [2.45, 2.75) is 45.3 Å². The molecule has 1 N–H and O–H groups in total. The number of carbonyl (C=O) groups excluding carboxylic acids is 1. The first-order valence-corrected chi connectivity index (χ1v) is 11.0. The Kier molecular flexibility index (Phi) is 6.23. The molecule has 0 radical (unpaired) electrons. The van der Waals surface area contributed by atoms with Gasteiger partial charge in [0.15, 0.2) is 5.69 Å². The Morgan fingerprint density at radius 2 is 1.97 bits per heavy atom. The van der Waals surface area contributed by atoms with Crippen LogP contribution in [0.15, 0.2) is 36.6 Å². The Morgan fingerprint density at radius 1 is 1.24 bits per heavy atom. The average molecular weight is 525 g/mol. The average Bonchev–Trinajstić information content (AvgIpc) is 3.35. The van der Waals surface area contributed by atoms with E-state index in [2.05, 4.69) is 36.7 Å². The molecule has 0 saturated carbocycles. The maximum atomic E-state index is 13.6. The first-order valence-electron chi connectivity index (χ1n) is 10.2. The molecule has 0 atom stereocenters. The zero-order valence-electron chi connectivity index (χ0n) is 18.2. The second kappa shape index (κ2) is 8.96. The minimum absolute atomic E-state index is 0.0265. The summed E-state index contributed by atoms with van der Waals surface area (Å²) >= 11 is 3.10. The minimum atomic E-state index is -0.775. The molecule has 0 unspecified atom stereocenters. The van der Waals surface area contributed by atoms with E-state index < -0.39 is 17.2 Å². The van der Waals surface area contributed by atoms with Gasteiger partial charge in [0.1, 0.15) is 11.4 Å². The zero-order valence-corrected chi connectivity index (χ0v) is 19.8. The molecule has 1 aromatic carbocycles. The van der Waals surface area contributed by atoms with Crippen molar-refractivity contribution >= 4 is 27.8 Å². The van der Waals surface area contributed by atoms with Gasteiger partial charge in [-0.15, -0.1) is 0 Å². The van der Waals surface area contributed by atoms with Gasteiger partial charge < -0.3 is 15.0 Å². The van der Waals surface area contributed by atoms with Gasteiger partial charge >= 0.3 is 11.8 Å². The van der Waals surface area contributed by atoms with Crippen LogP contribution in [0.4, 0.5) is 15.0 Å². The molecule has 2 aromatic heterocycles. The van der Waals surface area contributed by atoms with Gasteiger partial charge in [-0.2, -0.15) is 0 Å². The number of rotatable bonds is 4. The van der Waals surface area contributed by atoms with E-state index in [-0.39, 0.29) is 33.9 Å². The number of benzene rings is 1. The maximum Gasteiger partial charge on any atom is 0.446 e. The Bertz CT molecular complexity index is 1210. The summed E-state index contributed by atoms with van der Waals surface area (Å²) in [5.41, 5.74) is -0.0685. The quantitative estimate of drug-likeness (QED) is 0.544. The number of piperidine rings is 1. The van der Waals surface area contributed by atoms with Crippen LogP contribution < -0.4 is 11.1 Å². The summed E-state index contributed by atoms with van der Waals surface area (Å²) < 4.78 is 30.1. The van der Waals surface area contributed by atoms with E-state index >= 15 is 0 Å². The number of likely N-dealkylation sites (tertiary alicyclic amines) is 1. The van der Waals surface area contributed by atoms with Crippen molar-refractivity contribution in [2.24, 2.45) is 0 Å². The number of nitrogens with zero attached hydrogens (tertiary/aromatic N) is 5. The van der Waals surface area contributed by atoms with E-state index in [0.717, 1.165) is 4.57 Å². The third-order valence-electron chi connectivity index (χ3n) is 4.95. The summed E-state index contributed by atoms with van der Waals surface area (Å²) in [5.74, 6) is -0.932. The SMILES string of the molecule is CC(C)(C)OC(=O)N1CCC(Nc2nonc2-c2noc(=O)n2-c2ccc(F)c(Br)c2)CC1. The van der Waals surface area contributed by atoms with Crippen molar-refractivity contribution in [3.63, 3.8) is 0 Å². The normalized spacial score (nSPS) is 15.0. The molecule has 0 aliphatic carbocycles. The van der Waals surface area contributed by atoms with Gasteiger partial charge in [-0.25, -0.2) is 23.2 Å². The lowest BCUT2D eigenvalue weighted by Crippen LogP contribution is -2.44. The summed E-state index contributed by atoms with van der Waals surface area (Å²) in [6.45, 7) is 6.49. The van der Waals surface area contributed by atoms with Gasteiger partial charge in [-0.1, -0.05) is 5.16 Å². The molecule has 3 heterocycles. The standard InChI is InChI=1S/C20H22BrFN6O5/c1-20(2,3)31-18(29)27-8-6-11(7-9-27)23-16-15(24-33-25-16)17-26-32-19(30)28(17)12-4-5-14(22)13(21)10-12/h4-5,10-11H,6-9H2,1-3H3,(H,23,25). The van der Waals surface area contributed by atoms with Crippen LogP contribution in [0.2, 0.25) is 0 Å². The van der Waals surface area contributed by atoms with E-state index in [0.29, 0.717) is 31.6 Å². The predicted octanol–water partition coefficient (Wildman–Crippen LogP) is 3.59. The van der Waals surface area contributed by atoms with Gasteiger partial charge in [-0.3, -0.25) is 4.52 Å². The molecule has 11 nitrogen and oxygen atoms in total. The highest BCUT2D eigenvalue weighted by atomic mass is 79.9. The maximum absolute atomic E-state index is 13.6. The highest BCUT2D eigenvalue weighted by molar-refractivity contribution is 9.10. The molecule has 33 heavy (non-hydrogen) atoms. The smallest absolute Gasteiger partial charge is 0.444 e. The number of ether oxygens (including phenoxy) is 1. The molecule has 1 aliphatic rings. The summed E-state index contributed by atoms with van der Waals surface area (Å²) in [5, 5.41) is 14.8. The lowest BCUT2D eigenvalue weighted by atomic mass is 10.1. The Hall–Kier alpha value is -3.22. The van der Waals surface area contributed by atoms with Crippen LogP contribution in [0.25, 0.3) is 17.2 Å². The topological polar surface area (TPSA) is 129 Å². The van der Waals surface area contributed by atoms with Crippen molar-refractivity contribution in [1.82, 2.24) is 24.9 Å². The molecule has 1 amide bonds. The predicted molar refractivity (Wildman–Crippen MR) is 118 cm³/mol. The van der Waals surface area contributed by atoms with Crippen molar-refractivity contribution in [2.75, 3.05) is 18.4 Å². The summed E-state index contributed by atoms with van der Waals surface area (Å²) in [7, 11) is 0. The van der Waals surface area contributed by atoms with Crippen LogP contribution >= 0.6 is 15.9 Å². The highest BCUT2D eigenvalue weighted by Crippen LogP contribution is 2.28. The van der Waals surface area contributed by atoms with Crippen molar-refractivity contribution < 1.29 is 23.1 Å². The first kappa shape index (κ1) is 23.0. The van der Waals surface area contributed by atoms with Crippen molar-refractivity contribution in [3.05, 3.63) is 39.0 Å². The number of nitrogens with one attached hydrogen (secondary N) is 1. The number of aromatic nitrogens is 4. The minimum Gasteiger partial charge on any atom is -0.444 e. The monoisotopic (exact) mass is 524 g/mol. The molecule has 0 spiro atoms. The van der Waals surface area contributed by atoms with Gasteiger partial charge in [0.2, 0.25) is 11.6 Å². The van der Waals surface area contributed by atoms with E-state index in [9.17, 15) is 14.0 Å². The molecule has 3 aromatic rings. The summed E-state index contributed by atoms with van der Waals surface area (Å²) in [6.07, 6.45) is 0.936. The van der Waals surface area contributed by atoms with Crippen LogP contribution in [-0.2, 0) is 4.74 Å². The van der Waals surface area contributed by atoms with Gasteiger partial charge in [-0.05, 0) is 78.1 Å². The third-order valence-corrected chi connectivity index (χ3v) is 5.56. The van der Waals surface area contributed by atoms with Crippen LogP contribution in [0.1, 0.15) is 33.6 Å². The molecule has 1 fully saturated rings. The number of amides is 1.